The quantitative estimate of drug-likeness (QED) is 0.767. The van der Waals surface area contributed by atoms with Gasteiger partial charge >= 0.3 is 5.97 Å². The molecule has 0 radical (unpaired) electrons. The Labute approximate surface area is 151 Å². The summed E-state index contributed by atoms with van der Waals surface area (Å²) in [6.45, 7) is 1.90. The SMILES string of the molecule is CCCC(=O)Nc1ccc(OC)cc1-n1cc(C#N)c(N)c1C(=O)OC. The standard InChI is InChI=1S/C18H20N4O4/c1-4-5-15(23)21-13-7-6-12(25-2)8-14(13)22-10-11(9-19)16(20)17(22)18(24)26-3/h6-8,10H,4-5,20H2,1-3H3,(H,21,23). The van der Waals surface area contributed by atoms with Crippen molar-refractivity contribution >= 4 is 23.3 Å². The summed E-state index contributed by atoms with van der Waals surface area (Å²) in [5.41, 5.74) is 6.96. The van der Waals surface area contributed by atoms with Crippen molar-refractivity contribution in [2.75, 3.05) is 25.3 Å². The molecule has 1 aromatic heterocycles. The van der Waals surface area contributed by atoms with Gasteiger partial charge in [-0.1, -0.05) is 6.92 Å². The lowest BCUT2D eigenvalue weighted by molar-refractivity contribution is -0.116. The molecular weight excluding hydrogens is 336 g/mol. The minimum Gasteiger partial charge on any atom is -0.497 e. The first kappa shape index (κ1) is 18.9. The van der Waals surface area contributed by atoms with E-state index in [1.807, 2.05) is 13.0 Å². The molecule has 8 heteroatoms. The highest BCUT2D eigenvalue weighted by atomic mass is 16.5. The molecule has 2 rings (SSSR count). The van der Waals surface area contributed by atoms with Crippen LogP contribution >= 0.6 is 0 Å². The van der Waals surface area contributed by atoms with Gasteiger partial charge in [-0.25, -0.2) is 4.79 Å². The monoisotopic (exact) mass is 356 g/mol. The smallest absolute Gasteiger partial charge is 0.357 e. The lowest BCUT2D eigenvalue weighted by Gasteiger charge is -2.15. The summed E-state index contributed by atoms with van der Waals surface area (Å²) < 4.78 is 11.4. The van der Waals surface area contributed by atoms with Crippen LogP contribution in [0.2, 0.25) is 0 Å². The summed E-state index contributed by atoms with van der Waals surface area (Å²) in [6, 6.07) is 6.91. The third-order valence-electron chi connectivity index (χ3n) is 3.76. The number of anilines is 2. The van der Waals surface area contributed by atoms with Gasteiger partial charge in [0.2, 0.25) is 5.91 Å². The van der Waals surface area contributed by atoms with Crippen LogP contribution in [0.5, 0.6) is 5.75 Å². The summed E-state index contributed by atoms with van der Waals surface area (Å²) in [5.74, 6) is -0.355. The van der Waals surface area contributed by atoms with Gasteiger partial charge in [0.15, 0.2) is 5.69 Å². The number of carbonyl (C=O) groups excluding carboxylic acids is 2. The van der Waals surface area contributed by atoms with E-state index in [4.69, 9.17) is 15.2 Å². The van der Waals surface area contributed by atoms with Gasteiger partial charge < -0.3 is 25.1 Å². The third-order valence-corrected chi connectivity index (χ3v) is 3.76. The number of rotatable bonds is 6. The fraction of sp³-hybridized carbons (Fsp3) is 0.278. The number of nitriles is 1. The van der Waals surface area contributed by atoms with Crippen LogP contribution in [0.1, 0.15) is 35.8 Å². The Bertz CT molecular complexity index is 880. The Morgan fingerprint density at radius 2 is 2.08 bits per heavy atom. The van der Waals surface area contributed by atoms with Crippen molar-refractivity contribution in [2.24, 2.45) is 0 Å². The van der Waals surface area contributed by atoms with Gasteiger partial charge in [0, 0.05) is 18.7 Å². The first-order valence-electron chi connectivity index (χ1n) is 7.94. The molecule has 0 saturated carbocycles. The molecule has 1 aromatic carbocycles. The lowest BCUT2D eigenvalue weighted by Crippen LogP contribution is -2.15. The molecule has 0 atom stereocenters. The van der Waals surface area contributed by atoms with Crippen LogP contribution in [-0.4, -0.2) is 30.7 Å². The van der Waals surface area contributed by atoms with Crippen molar-refractivity contribution in [3.63, 3.8) is 0 Å². The van der Waals surface area contributed by atoms with Gasteiger partial charge in [-0.2, -0.15) is 5.26 Å². The fourth-order valence-corrected chi connectivity index (χ4v) is 2.49. The van der Waals surface area contributed by atoms with Gasteiger partial charge in [0.05, 0.1) is 36.8 Å². The van der Waals surface area contributed by atoms with Gasteiger partial charge in [-0.15, -0.1) is 0 Å². The minimum absolute atomic E-state index is 0.00305. The van der Waals surface area contributed by atoms with Crippen molar-refractivity contribution in [1.82, 2.24) is 4.57 Å². The number of ether oxygens (including phenoxy) is 2. The van der Waals surface area contributed by atoms with Crippen LogP contribution in [0.4, 0.5) is 11.4 Å². The van der Waals surface area contributed by atoms with E-state index in [1.54, 1.807) is 18.2 Å². The molecule has 0 bridgehead atoms. The molecule has 0 saturated heterocycles. The maximum absolute atomic E-state index is 12.2. The number of amides is 1. The minimum atomic E-state index is -0.697. The highest BCUT2D eigenvalue weighted by Gasteiger charge is 2.23. The van der Waals surface area contributed by atoms with E-state index >= 15 is 0 Å². The van der Waals surface area contributed by atoms with Crippen molar-refractivity contribution in [3.8, 4) is 17.5 Å². The Kier molecular flexibility index (Phi) is 5.86. The number of hydrogen-bond acceptors (Lipinski definition) is 6. The zero-order valence-corrected chi connectivity index (χ0v) is 14.8. The highest BCUT2D eigenvalue weighted by molar-refractivity contribution is 5.97. The van der Waals surface area contributed by atoms with Crippen LogP contribution in [-0.2, 0) is 9.53 Å². The number of benzene rings is 1. The van der Waals surface area contributed by atoms with Gasteiger partial charge in [-0.3, -0.25) is 4.79 Å². The Hall–Kier alpha value is -3.47. The van der Waals surface area contributed by atoms with E-state index < -0.39 is 5.97 Å². The Morgan fingerprint density at radius 1 is 1.35 bits per heavy atom. The molecule has 0 aliphatic rings. The van der Waals surface area contributed by atoms with Crippen LogP contribution in [0.15, 0.2) is 24.4 Å². The van der Waals surface area contributed by atoms with E-state index in [-0.39, 0.29) is 22.9 Å². The molecule has 8 nitrogen and oxygen atoms in total. The molecule has 0 aliphatic heterocycles. The number of esters is 1. The second kappa shape index (κ2) is 8.07. The van der Waals surface area contributed by atoms with Crippen molar-refractivity contribution in [2.45, 2.75) is 19.8 Å². The van der Waals surface area contributed by atoms with E-state index in [1.165, 1.54) is 25.0 Å². The lowest BCUT2D eigenvalue weighted by atomic mass is 10.2. The summed E-state index contributed by atoms with van der Waals surface area (Å²) in [5, 5.41) is 12.1. The van der Waals surface area contributed by atoms with Crippen molar-refractivity contribution in [1.29, 1.82) is 5.26 Å². The molecule has 0 aliphatic carbocycles. The average molecular weight is 356 g/mol. The Morgan fingerprint density at radius 3 is 2.65 bits per heavy atom. The highest BCUT2D eigenvalue weighted by Crippen LogP contribution is 2.31. The molecule has 136 valence electrons. The molecule has 2 aromatic rings. The third kappa shape index (κ3) is 3.62. The van der Waals surface area contributed by atoms with Gasteiger partial charge in [0.25, 0.3) is 0 Å². The molecule has 0 unspecified atom stereocenters. The van der Waals surface area contributed by atoms with E-state index in [9.17, 15) is 14.9 Å². The maximum atomic E-state index is 12.2. The largest absolute Gasteiger partial charge is 0.497 e. The number of nitrogens with two attached hydrogens (primary N) is 1. The zero-order chi connectivity index (χ0) is 19.3. The van der Waals surface area contributed by atoms with Crippen LogP contribution in [0, 0.1) is 11.3 Å². The molecule has 0 fully saturated rings. The second-order valence-corrected chi connectivity index (χ2v) is 5.46. The normalized spacial score (nSPS) is 10.1. The van der Waals surface area contributed by atoms with E-state index in [2.05, 4.69) is 5.32 Å². The first-order chi connectivity index (χ1) is 12.5. The summed E-state index contributed by atoms with van der Waals surface area (Å²) >= 11 is 0. The second-order valence-electron chi connectivity index (χ2n) is 5.46. The van der Waals surface area contributed by atoms with Gasteiger partial charge in [-0.05, 0) is 18.6 Å². The fourth-order valence-electron chi connectivity index (χ4n) is 2.49. The molecule has 1 heterocycles. The number of nitrogen functional groups attached to an aromatic ring is 1. The van der Waals surface area contributed by atoms with Gasteiger partial charge in [0.1, 0.15) is 11.8 Å². The number of aromatic nitrogens is 1. The molecular formula is C18H20N4O4. The maximum Gasteiger partial charge on any atom is 0.357 e. The van der Waals surface area contributed by atoms with Crippen LogP contribution in [0.25, 0.3) is 5.69 Å². The van der Waals surface area contributed by atoms with Crippen LogP contribution < -0.4 is 15.8 Å². The first-order valence-corrected chi connectivity index (χ1v) is 7.94. The van der Waals surface area contributed by atoms with E-state index in [0.717, 1.165) is 0 Å². The van der Waals surface area contributed by atoms with E-state index in [0.29, 0.717) is 30.0 Å². The number of hydrogen-bond donors (Lipinski definition) is 2. The molecule has 3 N–H and O–H groups in total. The topological polar surface area (TPSA) is 119 Å². The number of nitrogens with one attached hydrogen (secondary N) is 1. The predicted octanol–water partition coefficient (Wildman–Crippen LogP) is 2.46. The van der Waals surface area contributed by atoms with Crippen molar-refractivity contribution < 1.29 is 19.1 Å². The number of nitrogens with zero attached hydrogens (tertiary/aromatic N) is 2. The van der Waals surface area contributed by atoms with Crippen molar-refractivity contribution in [3.05, 3.63) is 35.7 Å². The molecule has 0 spiro atoms. The molecule has 1 amide bonds. The number of methoxy groups -OCH3 is 2. The summed E-state index contributed by atoms with van der Waals surface area (Å²) in [4.78, 5) is 24.2. The predicted molar refractivity (Wildman–Crippen MR) is 96.3 cm³/mol. The Balaban J connectivity index is 2.68. The summed E-state index contributed by atoms with van der Waals surface area (Å²) in [7, 11) is 2.72. The van der Waals surface area contributed by atoms with Crippen LogP contribution in [0.3, 0.4) is 0 Å². The molecule has 26 heavy (non-hydrogen) atoms. The number of carbonyl (C=O) groups is 2. The zero-order valence-electron chi connectivity index (χ0n) is 14.8. The summed E-state index contributed by atoms with van der Waals surface area (Å²) in [6.07, 6.45) is 2.47. The average Bonchev–Trinajstić information content (AvgIpc) is 2.97.